The molecule has 0 saturated carbocycles. The van der Waals surface area contributed by atoms with Crippen molar-refractivity contribution in [2.24, 2.45) is 0 Å². The van der Waals surface area contributed by atoms with Crippen molar-refractivity contribution in [2.75, 3.05) is 0 Å². The minimum atomic E-state index is -4.12. The molecule has 0 bridgehead atoms. The van der Waals surface area contributed by atoms with E-state index in [-0.39, 0.29) is 10.5 Å². The maximum Gasteiger partial charge on any atom is 0.252 e. The molecule has 0 saturated heterocycles. The number of halogens is 4. The van der Waals surface area contributed by atoms with Gasteiger partial charge in [0.25, 0.3) is 5.91 Å². The first-order valence-corrected chi connectivity index (χ1v) is 9.60. The first-order chi connectivity index (χ1) is 11.1. The molecule has 0 aliphatic heterocycles. The van der Waals surface area contributed by atoms with Crippen molar-refractivity contribution in [3.63, 3.8) is 0 Å². The lowest BCUT2D eigenvalue weighted by Crippen LogP contribution is -2.49. The fourth-order valence-corrected chi connectivity index (χ4v) is 4.65. The van der Waals surface area contributed by atoms with Gasteiger partial charge in [0.2, 0.25) is 13.6 Å². The lowest BCUT2D eigenvalue weighted by Gasteiger charge is -2.25. The van der Waals surface area contributed by atoms with Gasteiger partial charge in [0.05, 0.1) is 4.90 Å². The van der Waals surface area contributed by atoms with Crippen molar-refractivity contribution in [2.45, 2.75) is 14.1 Å². The Morgan fingerprint density at radius 3 is 2.00 bits per heavy atom. The number of amides is 1. The normalized spacial score (nSPS) is 13.3. The van der Waals surface area contributed by atoms with E-state index >= 15 is 0 Å². The number of benzene rings is 2. The number of sulfone groups is 1. The highest BCUT2D eigenvalue weighted by Crippen LogP contribution is 2.35. The van der Waals surface area contributed by atoms with E-state index in [1.807, 2.05) is 0 Å². The Hall–Kier alpha value is -0.980. The standard InChI is InChI=1S/C15H11Cl4NO3S/c16-11-8-6-10(7-9-11)13(21)20-14(15(17,18)19)24(22,23)12-4-2-1-3-5-12/h1-9,14H,(H,20,21)/t14-/m1/s1. The molecule has 24 heavy (non-hydrogen) atoms. The van der Waals surface area contributed by atoms with E-state index in [0.29, 0.717) is 5.02 Å². The van der Waals surface area contributed by atoms with Gasteiger partial charge in [-0.2, -0.15) is 0 Å². The molecule has 128 valence electrons. The SMILES string of the molecule is O=C(N[C@@H](C(Cl)(Cl)Cl)S(=O)(=O)c1ccccc1)c1ccc(Cl)cc1. The summed E-state index contributed by atoms with van der Waals surface area (Å²) < 4.78 is 23.2. The van der Waals surface area contributed by atoms with E-state index in [1.165, 1.54) is 48.5 Å². The molecule has 0 aliphatic rings. The van der Waals surface area contributed by atoms with Gasteiger partial charge in [0, 0.05) is 10.6 Å². The Morgan fingerprint density at radius 1 is 0.958 bits per heavy atom. The number of alkyl halides is 3. The molecule has 2 rings (SSSR count). The quantitative estimate of drug-likeness (QED) is 0.743. The van der Waals surface area contributed by atoms with Crippen molar-refractivity contribution in [3.8, 4) is 0 Å². The third-order valence-electron chi connectivity index (χ3n) is 3.05. The summed E-state index contributed by atoms with van der Waals surface area (Å²) in [6, 6.07) is 13.3. The zero-order valence-electron chi connectivity index (χ0n) is 11.9. The second kappa shape index (κ2) is 7.50. The molecule has 2 aromatic carbocycles. The van der Waals surface area contributed by atoms with Crippen LogP contribution in [0.1, 0.15) is 10.4 Å². The van der Waals surface area contributed by atoms with Crippen LogP contribution in [0.4, 0.5) is 0 Å². The highest BCUT2D eigenvalue weighted by molar-refractivity contribution is 7.92. The Balaban J connectivity index is 2.37. The lowest BCUT2D eigenvalue weighted by atomic mass is 10.2. The first kappa shape index (κ1) is 19.3. The van der Waals surface area contributed by atoms with Crippen LogP contribution in [0.5, 0.6) is 0 Å². The number of carbonyl (C=O) groups is 1. The average molecular weight is 427 g/mol. The van der Waals surface area contributed by atoms with Gasteiger partial charge in [0.1, 0.15) is 0 Å². The number of nitrogens with one attached hydrogen (secondary N) is 1. The second-order valence-corrected chi connectivity index (χ2v) is 9.60. The molecule has 9 heteroatoms. The van der Waals surface area contributed by atoms with Gasteiger partial charge in [-0.1, -0.05) is 64.6 Å². The van der Waals surface area contributed by atoms with Crippen LogP contribution in [0, 0.1) is 0 Å². The fraction of sp³-hybridized carbons (Fsp3) is 0.133. The summed E-state index contributed by atoms with van der Waals surface area (Å²) in [4.78, 5) is 12.2. The van der Waals surface area contributed by atoms with E-state index in [1.54, 1.807) is 6.07 Å². The third-order valence-corrected chi connectivity index (χ3v) is 6.36. The Morgan fingerprint density at radius 2 is 1.50 bits per heavy atom. The molecule has 1 amide bonds. The van der Waals surface area contributed by atoms with Gasteiger partial charge in [-0.3, -0.25) is 4.79 Å². The molecule has 1 atom stereocenters. The predicted octanol–water partition coefficient (Wildman–Crippen LogP) is 4.24. The van der Waals surface area contributed by atoms with Crippen molar-refractivity contribution in [1.29, 1.82) is 0 Å². The van der Waals surface area contributed by atoms with Crippen molar-refractivity contribution in [3.05, 3.63) is 65.2 Å². The smallest absolute Gasteiger partial charge is 0.252 e. The van der Waals surface area contributed by atoms with E-state index in [2.05, 4.69) is 5.32 Å². The van der Waals surface area contributed by atoms with Crippen LogP contribution in [-0.2, 0) is 9.84 Å². The Bertz CT molecular complexity index is 818. The van der Waals surface area contributed by atoms with Crippen LogP contribution >= 0.6 is 46.4 Å². The number of hydrogen-bond donors (Lipinski definition) is 1. The largest absolute Gasteiger partial charge is 0.332 e. The van der Waals surface area contributed by atoms with Gasteiger partial charge >= 0.3 is 0 Å². The number of hydrogen-bond acceptors (Lipinski definition) is 3. The maximum atomic E-state index is 12.7. The minimum Gasteiger partial charge on any atom is -0.332 e. The Kier molecular flexibility index (Phi) is 6.04. The monoisotopic (exact) mass is 425 g/mol. The van der Waals surface area contributed by atoms with Crippen LogP contribution < -0.4 is 5.32 Å². The summed E-state index contributed by atoms with van der Waals surface area (Å²) in [5.41, 5.74) is 0.182. The highest BCUT2D eigenvalue weighted by atomic mass is 35.6. The van der Waals surface area contributed by atoms with Gasteiger partial charge in [-0.05, 0) is 36.4 Å². The number of carbonyl (C=O) groups excluding carboxylic acids is 1. The lowest BCUT2D eigenvalue weighted by molar-refractivity contribution is 0.0948. The van der Waals surface area contributed by atoms with E-state index in [4.69, 9.17) is 46.4 Å². The van der Waals surface area contributed by atoms with Gasteiger partial charge in [-0.15, -0.1) is 0 Å². The molecule has 0 unspecified atom stereocenters. The van der Waals surface area contributed by atoms with Crippen LogP contribution in [-0.4, -0.2) is 23.5 Å². The summed E-state index contributed by atoms with van der Waals surface area (Å²) in [6.45, 7) is 0. The fourth-order valence-electron chi connectivity index (χ4n) is 1.89. The van der Waals surface area contributed by atoms with Crippen LogP contribution in [0.2, 0.25) is 5.02 Å². The van der Waals surface area contributed by atoms with Crippen molar-refractivity contribution in [1.82, 2.24) is 5.32 Å². The molecule has 0 spiro atoms. The molecule has 0 heterocycles. The van der Waals surface area contributed by atoms with Crippen LogP contribution in [0.3, 0.4) is 0 Å². The van der Waals surface area contributed by atoms with Gasteiger partial charge in [0.15, 0.2) is 5.37 Å². The van der Waals surface area contributed by atoms with Gasteiger partial charge < -0.3 is 5.32 Å². The molecule has 0 fully saturated rings. The molecule has 4 nitrogen and oxygen atoms in total. The van der Waals surface area contributed by atoms with E-state index < -0.39 is 24.9 Å². The zero-order chi connectivity index (χ0) is 18.0. The highest BCUT2D eigenvalue weighted by Gasteiger charge is 2.44. The molecular formula is C15H11Cl4NO3S. The summed E-state index contributed by atoms with van der Waals surface area (Å²) in [7, 11) is -4.12. The predicted molar refractivity (Wildman–Crippen MR) is 96.6 cm³/mol. The van der Waals surface area contributed by atoms with E-state index in [9.17, 15) is 13.2 Å². The molecule has 0 aromatic heterocycles. The van der Waals surface area contributed by atoms with Crippen molar-refractivity contribution >= 4 is 62.1 Å². The summed E-state index contributed by atoms with van der Waals surface area (Å²) in [6.07, 6.45) is 0. The summed E-state index contributed by atoms with van der Waals surface area (Å²) >= 11 is 23.2. The topological polar surface area (TPSA) is 63.2 Å². The molecular weight excluding hydrogens is 416 g/mol. The number of rotatable bonds is 4. The van der Waals surface area contributed by atoms with Gasteiger partial charge in [-0.25, -0.2) is 8.42 Å². The minimum absolute atomic E-state index is 0.0715. The summed E-state index contributed by atoms with van der Waals surface area (Å²) in [5.74, 6) is -0.706. The van der Waals surface area contributed by atoms with Crippen molar-refractivity contribution < 1.29 is 13.2 Å². The summed E-state index contributed by atoms with van der Waals surface area (Å²) in [5, 5.41) is 0.934. The van der Waals surface area contributed by atoms with Crippen LogP contribution in [0.25, 0.3) is 0 Å². The zero-order valence-corrected chi connectivity index (χ0v) is 15.8. The second-order valence-electron chi connectivity index (χ2n) is 4.76. The Labute approximate surface area is 159 Å². The molecule has 2 aromatic rings. The molecule has 0 radical (unpaired) electrons. The average Bonchev–Trinajstić information content (AvgIpc) is 2.52. The molecule has 0 aliphatic carbocycles. The maximum absolute atomic E-state index is 12.7. The van der Waals surface area contributed by atoms with E-state index in [0.717, 1.165) is 0 Å². The third kappa shape index (κ3) is 4.55. The first-order valence-electron chi connectivity index (χ1n) is 6.54. The molecule has 1 N–H and O–H groups in total. The van der Waals surface area contributed by atoms with Crippen LogP contribution in [0.15, 0.2) is 59.5 Å².